The fourth-order valence-electron chi connectivity index (χ4n) is 3.74. The Labute approximate surface area is 210 Å². The molecule has 35 heavy (non-hydrogen) atoms. The second-order valence-corrected chi connectivity index (χ2v) is 10.8. The van der Waals surface area contributed by atoms with Crippen molar-refractivity contribution in [3.05, 3.63) is 82.4 Å². The number of benzene rings is 3. The van der Waals surface area contributed by atoms with Gasteiger partial charge in [-0.25, -0.2) is 8.42 Å². The van der Waals surface area contributed by atoms with E-state index < -0.39 is 22.0 Å². The summed E-state index contributed by atoms with van der Waals surface area (Å²) in [6.07, 6.45) is -1.04. The maximum atomic E-state index is 13.5. The molecule has 3 aromatic carbocycles. The molecule has 7 nitrogen and oxygen atoms in total. The maximum Gasteiger partial charge on any atom is 0.264 e. The van der Waals surface area contributed by atoms with Crippen molar-refractivity contribution >= 4 is 33.2 Å². The van der Waals surface area contributed by atoms with Crippen molar-refractivity contribution in [2.75, 3.05) is 24.0 Å². The van der Waals surface area contributed by atoms with Gasteiger partial charge in [-0.3, -0.25) is 9.10 Å². The summed E-state index contributed by atoms with van der Waals surface area (Å²) in [6.45, 7) is 6.13. The van der Waals surface area contributed by atoms with Crippen LogP contribution >= 0.6 is 11.6 Å². The number of aryl methyl sites for hydroxylation is 3. The lowest BCUT2D eigenvalue weighted by Crippen LogP contribution is -2.51. The molecule has 9 heteroatoms. The number of nitrogens with one attached hydrogen (secondary N) is 1. The van der Waals surface area contributed by atoms with Gasteiger partial charge in [-0.05, 0) is 68.3 Å². The largest absolute Gasteiger partial charge is 0.491 e. The van der Waals surface area contributed by atoms with E-state index in [1.165, 1.54) is 10.4 Å². The van der Waals surface area contributed by atoms with Gasteiger partial charge in [-0.1, -0.05) is 41.4 Å². The number of rotatable bonds is 7. The van der Waals surface area contributed by atoms with Gasteiger partial charge in [0.2, 0.25) is 0 Å². The van der Waals surface area contributed by atoms with E-state index in [0.29, 0.717) is 10.7 Å². The lowest BCUT2D eigenvalue weighted by atomic mass is 10.1. The molecule has 0 unspecified atom stereocenters. The molecule has 0 radical (unpaired) electrons. The maximum absolute atomic E-state index is 13.5. The average molecular weight is 515 g/mol. The van der Waals surface area contributed by atoms with E-state index in [1.54, 1.807) is 36.4 Å². The molecule has 1 aliphatic heterocycles. The molecule has 0 saturated heterocycles. The Morgan fingerprint density at radius 2 is 1.77 bits per heavy atom. The predicted octanol–water partition coefficient (Wildman–Crippen LogP) is 4.42. The Balaban J connectivity index is 1.49. The van der Waals surface area contributed by atoms with Crippen molar-refractivity contribution < 1.29 is 22.7 Å². The third-order valence-corrected chi connectivity index (χ3v) is 7.72. The van der Waals surface area contributed by atoms with Crippen molar-refractivity contribution in [3.63, 3.8) is 0 Å². The van der Waals surface area contributed by atoms with Gasteiger partial charge >= 0.3 is 0 Å². The van der Waals surface area contributed by atoms with Crippen LogP contribution in [0.5, 0.6) is 11.5 Å². The number of ether oxygens (including phenoxy) is 2. The summed E-state index contributed by atoms with van der Waals surface area (Å²) in [5, 5.41) is 3.15. The Bertz CT molecular complexity index is 1340. The zero-order chi connectivity index (χ0) is 25.2. The first-order valence-corrected chi connectivity index (χ1v) is 13.0. The van der Waals surface area contributed by atoms with Gasteiger partial charge in [0.1, 0.15) is 18.1 Å². The van der Waals surface area contributed by atoms with E-state index in [4.69, 9.17) is 21.1 Å². The van der Waals surface area contributed by atoms with Crippen molar-refractivity contribution in [1.29, 1.82) is 0 Å². The number of amides is 1. The van der Waals surface area contributed by atoms with E-state index in [-0.39, 0.29) is 30.3 Å². The fourth-order valence-corrected chi connectivity index (χ4v) is 5.37. The number of nitrogens with zero attached hydrogens (tertiary/aromatic N) is 1. The van der Waals surface area contributed by atoms with Crippen LogP contribution in [0.2, 0.25) is 5.02 Å². The smallest absolute Gasteiger partial charge is 0.264 e. The molecule has 1 heterocycles. The third kappa shape index (κ3) is 5.55. The zero-order valence-electron chi connectivity index (χ0n) is 19.7. The molecule has 0 spiro atoms. The Kier molecular flexibility index (Phi) is 7.23. The first kappa shape index (κ1) is 24.9. The lowest BCUT2D eigenvalue weighted by Gasteiger charge is -2.34. The molecule has 1 atom stereocenters. The van der Waals surface area contributed by atoms with Gasteiger partial charge in [-0.15, -0.1) is 0 Å². The van der Waals surface area contributed by atoms with E-state index in [2.05, 4.69) is 5.32 Å². The number of hydrogen-bond donors (Lipinski definition) is 1. The highest BCUT2D eigenvalue weighted by molar-refractivity contribution is 7.92. The molecular formula is C26H27ClN2O5S. The first-order chi connectivity index (χ1) is 16.6. The van der Waals surface area contributed by atoms with Crippen molar-refractivity contribution in [2.45, 2.75) is 31.8 Å². The number of anilines is 1. The summed E-state index contributed by atoms with van der Waals surface area (Å²) in [5.41, 5.74) is 3.32. The van der Waals surface area contributed by atoms with Crippen LogP contribution < -0.4 is 19.1 Å². The molecule has 0 bridgehead atoms. The minimum Gasteiger partial charge on any atom is -0.491 e. The highest BCUT2D eigenvalue weighted by atomic mass is 35.5. The summed E-state index contributed by atoms with van der Waals surface area (Å²) in [5.74, 6) is 0.594. The van der Waals surface area contributed by atoms with Gasteiger partial charge in [0, 0.05) is 5.02 Å². The molecule has 0 saturated carbocycles. The van der Waals surface area contributed by atoms with Crippen molar-refractivity contribution in [1.82, 2.24) is 5.32 Å². The van der Waals surface area contributed by atoms with Crippen LogP contribution in [0.15, 0.2) is 65.6 Å². The van der Waals surface area contributed by atoms with Crippen molar-refractivity contribution in [2.24, 2.45) is 0 Å². The molecule has 1 aliphatic rings. The summed E-state index contributed by atoms with van der Waals surface area (Å²) in [6, 6.07) is 17.2. The molecule has 4 rings (SSSR count). The van der Waals surface area contributed by atoms with Gasteiger partial charge in [-0.2, -0.15) is 0 Å². The van der Waals surface area contributed by atoms with E-state index >= 15 is 0 Å². The monoisotopic (exact) mass is 514 g/mol. The van der Waals surface area contributed by atoms with Crippen LogP contribution in [0.1, 0.15) is 16.7 Å². The van der Waals surface area contributed by atoms with Gasteiger partial charge in [0.25, 0.3) is 15.9 Å². The molecule has 0 aliphatic carbocycles. The summed E-state index contributed by atoms with van der Waals surface area (Å²) < 4.78 is 39.8. The predicted molar refractivity (Wildman–Crippen MR) is 136 cm³/mol. The normalized spacial score (nSPS) is 15.2. The van der Waals surface area contributed by atoms with Crippen LogP contribution in [0.4, 0.5) is 5.69 Å². The first-order valence-electron chi connectivity index (χ1n) is 11.2. The average Bonchev–Trinajstić information content (AvgIpc) is 2.83. The second kappa shape index (κ2) is 10.2. The number of carbonyl (C=O) groups is 1. The second-order valence-electron chi connectivity index (χ2n) is 8.48. The summed E-state index contributed by atoms with van der Waals surface area (Å²) >= 11 is 6.14. The minimum absolute atomic E-state index is 0.122. The standard InChI is InChI=1S/C26H27ClN2O5S/c1-17-5-9-21(10-6-17)35(31,32)29-16-25(34-23-11-8-20(27)15-22(23)29)26(30)28-12-13-33-24-14-18(2)4-7-19(24)3/h4-11,14-15,25H,12-13,16H2,1-3H3,(H,28,30)/t25-/m0/s1. The fraction of sp³-hybridized carbons (Fsp3) is 0.269. The Morgan fingerprint density at radius 3 is 2.51 bits per heavy atom. The van der Waals surface area contributed by atoms with E-state index in [0.717, 1.165) is 22.4 Å². The van der Waals surface area contributed by atoms with Gasteiger partial charge in [0.15, 0.2) is 6.10 Å². The van der Waals surface area contributed by atoms with Crippen LogP contribution in [0.25, 0.3) is 0 Å². The van der Waals surface area contributed by atoms with Crippen LogP contribution in [0.3, 0.4) is 0 Å². The van der Waals surface area contributed by atoms with E-state index in [1.807, 2.05) is 39.0 Å². The SMILES string of the molecule is Cc1ccc(S(=O)(=O)N2C[C@@H](C(=O)NCCOc3cc(C)ccc3C)Oc3ccc(Cl)cc32)cc1. The van der Waals surface area contributed by atoms with E-state index in [9.17, 15) is 13.2 Å². The number of carbonyl (C=O) groups excluding carboxylic acids is 1. The van der Waals surface area contributed by atoms with Gasteiger partial charge in [0.05, 0.1) is 23.7 Å². The minimum atomic E-state index is -3.96. The number of hydrogen-bond acceptors (Lipinski definition) is 5. The number of fused-ring (bicyclic) bond motifs is 1. The third-order valence-electron chi connectivity index (χ3n) is 5.69. The highest BCUT2D eigenvalue weighted by Gasteiger charge is 2.37. The van der Waals surface area contributed by atoms with Crippen LogP contribution in [-0.4, -0.2) is 40.1 Å². The summed E-state index contributed by atoms with van der Waals surface area (Å²) in [7, 11) is -3.96. The zero-order valence-corrected chi connectivity index (χ0v) is 21.3. The molecule has 184 valence electrons. The molecule has 0 aromatic heterocycles. The molecule has 1 N–H and O–H groups in total. The summed E-state index contributed by atoms with van der Waals surface area (Å²) in [4.78, 5) is 13.0. The Morgan fingerprint density at radius 1 is 1.06 bits per heavy atom. The van der Waals surface area contributed by atoms with Crippen LogP contribution in [0, 0.1) is 20.8 Å². The molecule has 0 fully saturated rings. The number of sulfonamides is 1. The molecular weight excluding hydrogens is 488 g/mol. The van der Waals surface area contributed by atoms with Gasteiger partial charge < -0.3 is 14.8 Å². The number of halogens is 1. The van der Waals surface area contributed by atoms with Crippen LogP contribution in [-0.2, 0) is 14.8 Å². The molecule has 1 amide bonds. The quantitative estimate of drug-likeness (QED) is 0.472. The Hall–Kier alpha value is -3.23. The topological polar surface area (TPSA) is 84.9 Å². The van der Waals surface area contributed by atoms with Crippen molar-refractivity contribution in [3.8, 4) is 11.5 Å². The highest BCUT2D eigenvalue weighted by Crippen LogP contribution is 2.38. The molecule has 3 aromatic rings. The lowest BCUT2D eigenvalue weighted by molar-refractivity contribution is -0.127.